The highest BCUT2D eigenvalue weighted by Gasteiger charge is 2.12. The van der Waals surface area contributed by atoms with Gasteiger partial charge in [-0.2, -0.15) is 0 Å². The van der Waals surface area contributed by atoms with Crippen molar-refractivity contribution in [1.82, 2.24) is 5.32 Å². The van der Waals surface area contributed by atoms with E-state index in [1.807, 2.05) is 0 Å². The lowest BCUT2D eigenvalue weighted by Gasteiger charge is -2.24. The molecule has 1 N–H and O–H groups in total. The molecule has 0 fully saturated rings. The minimum absolute atomic E-state index is 0.112. The van der Waals surface area contributed by atoms with E-state index in [0.717, 1.165) is 4.99 Å². The molecule has 0 saturated heterocycles. The van der Waals surface area contributed by atoms with Gasteiger partial charge in [-0.15, -0.1) is 0 Å². The van der Waals surface area contributed by atoms with Crippen LogP contribution in [0.3, 0.4) is 0 Å². The predicted octanol–water partition coefficient (Wildman–Crippen LogP) is 2.36. The van der Waals surface area contributed by atoms with Crippen LogP contribution in [0.5, 0.6) is 0 Å². The number of hydrogen-bond acceptors (Lipinski definition) is 1. The molecule has 0 aromatic rings. The first-order valence-electron chi connectivity index (χ1n) is 3.65. The Morgan fingerprint density at radius 1 is 1.30 bits per heavy atom. The van der Waals surface area contributed by atoms with Crippen molar-refractivity contribution in [2.45, 2.75) is 40.2 Å². The standard InChI is InChI=1S/C8H17NS/c1-6(2)7(10)9-8(3,4)5/h6H,1-5H3,(H,9,10). The maximum atomic E-state index is 5.11. The molecule has 0 rings (SSSR count). The van der Waals surface area contributed by atoms with Crippen LogP contribution in [0.15, 0.2) is 0 Å². The summed E-state index contributed by atoms with van der Waals surface area (Å²) in [4.78, 5) is 0.951. The molecule has 0 aliphatic carbocycles. The fourth-order valence-electron chi connectivity index (χ4n) is 0.514. The summed E-state index contributed by atoms with van der Waals surface area (Å²) in [5.74, 6) is 0.453. The summed E-state index contributed by atoms with van der Waals surface area (Å²) in [7, 11) is 0. The van der Waals surface area contributed by atoms with Crippen molar-refractivity contribution < 1.29 is 0 Å². The van der Waals surface area contributed by atoms with Gasteiger partial charge in [-0.1, -0.05) is 26.1 Å². The molecule has 0 atom stereocenters. The van der Waals surface area contributed by atoms with E-state index in [-0.39, 0.29) is 5.54 Å². The Hall–Kier alpha value is -0.110. The minimum atomic E-state index is 0.112. The largest absolute Gasteiger partial charge is 0.375 e. The smallest absolute Gasteiger partial charge is 0.0783 e. The van der Waals surface area contributed by atoms with Crippen LogP contribution in [-0.2, 0) is 0 Å². The first-order chi connectivity index (χ1) is 4.33. The van der Waals surface area contributed by atoms with Gasteiger partial charge in [-0.3, -0.25) is 0 Å². The minimum Gasteiger partial charge on any atom is -0.375 e. The predicted molar refractivity (Wildman–Crippen MR) is 50.3 cm³/mol. The average Bonchev–Trinajstić information content (AvgIpc) is 1.60. The topological polar surface area (TPSA) is 12.0 Å². The van der Waals surface area contributed by atoms with Crippen LogP contribution in [0.25, 0.3) is 0 Å². The molecule has 0 aliphatic heterocycles. The third-order valence-electron chi connectivity index (χ3n) is 1.02. The van der Waals surface area contributed by atoms with Crippen LogP contribution < -0.4 is 5.32 Å². The SMILES string of the molecule is CC(C)C(=S)NC(C)(C)C. The molecule has 60 valence electrons. The Bertz CT molecular complexity index is 122. The summed E-state index contributed by atoms with van der Waals surface area (Å²) in [6.45, 7) is 10.5. The van der Waals surface area contributed by atoms with Crippen molar-refractivity contribution in [3.63, 3.8) is 0 Å². The molecule has 0 radical (unpaired) electrons. The highest BCUT2D eigenvalue weighted by atomic mass is 32.1. The number of hydrogen-bond donors (Lipinski definition) is 1. The fourth-order valence-corrected chi connectivity index (χ4v) is 0.820. The lowest BCUT2D eigenvalue weighted by atomic mass is 10.1. The molecule has 0 aromatic carbocycles. The highest BCUT2D eigenvalue weighted by Crippen LogP contribution is 2.03. The maximum absolute atomic E-state index is 5.11. The molecule has 0 spiro atoms. The van der Waals surface area contributed by atoms with Gasteiger partial charge in [0.2, 0.25) is 0 Å². The molecule has 0 saturated carbocycles. The maximum Gasteiger partial charge on any atom is 0.0783 e. The Labute approximate surface area is 69.2 Å². The monoisotopic (exact) mass is 159 g/mol. The van der Waals surface area contributed by atoms with E-state index >= 15 is 0 Å². The summed E-state index contributed by atoms with van der Waals surface area (Å²) >= 11 is 5.11. The van der Waals surface area contributed by atoms with E-state index in [0.29, 0.717) is 5.92 Å². The second-order valence-electron chi connectivity index (χ2n) is 3.89. The van der Waals surface area contributed by atoms with E-state index in [1.165, 1.54) is 0 Å². The molecule has 0 bridgehead atoms. The van der Waals surface area contributed by atoms with Gasteiger partial charge >= 0.3 is 0 Å². The van der Waals surface area contributed by atoms with Gasteiger partial charge in [0.15, 0.2) is 0 Å². The van der Waals surface area contributed by atoms with Crippen LogP contribution in [-0.4, -0.2) is 10.5 Å². The zero-order chi connectivity index (χ0) is 8.36. The van der Waals surface area contributed by atoms with Gasteiger partial charge in [0.1, 0.15) is 0 Å². The van der Waals surface area contributed by atoms with E-state index in [9.17, 15) is 0 Å². The third-order valence-corrected chi connectivity index (χ3v) is 1.60. The van der Waals surface area contributed by atoms with E-state index < -0.39 is 0 Å². The Morgan fingerprint density at radius 3 is 1.80 bits per heavy atom. The van der Waals surface area contributed by atoms with Crippen LogP contribution in [0, 0.1) is 5.92 Å². The Morgan fingerprint density at radius 2 is 1.70 bits per heavy atom. The van der Waals surface area contributed by atoms with E-state index in [2.05, 4.69) is 39.9 Å². The molecule has 2 heteroatoms. The van der Waals surface area contributed by atoms with Crippen LogP contribution in [0.1, 0.15) is 34.6 Å². The second-order valence-corrected chi connectivity index (χ2v) is 4.33. The molecular weight excluding hydrogens is 142 g/mol. The molecule has 1 nitrogen and oxygen atoms in total. The van der Waals surface area contributed by atoms with Crippen molar-refractivity contribution in [3.05, 3.63) is 0 Å². The van der Waals surface area contributed by atoms with Crippen molar-refractivity contribution in [1.29, 1.82) is 0 Å². The van der Waals surface area contributed by atoms with Gasteiger partial charge in [-0.25, -0.2) is 0 Å². The molecule has 0 amide bonds. The molecular formula is C8H17NS. The summed E-state index contributed by atoms with van der Waals surface area (Å²) in [6.07, 6.45) is 0. The molecule has 0 aromatic heterocycles. The van der Waals surface area contributed by atoms with E-state index in [4.69, 9.17) is 12.2 Å². The second kappa shape index (κ2) is 3.33. The highest BCUT2D eigenvalue weighted by molar-refractivity contribution is 7.80. The van der Waals surface area contributed by atoms with Crippen molar-refractivity contribution in [2.24, 2.45) is 5.92 Å². The van der Waals surface area contributed by atoms with Crippen LogP contribution >= 0.6 is 12.2 Å². The zero-order valence-electron chi connectivity index (χ0n) is 7.49. The number of thiocarbonyl (C=S) groups is 1. The van der Waals surface area contributed by atoms with Gasteiger partial charge in [0, 0.05) is 11.5 Å². The first-order valence-corrected chi connectivity index (χ1v) is 4.06. The third kappa shape index (κ3) is 4.74. The van der Waals surface area contributed by atoms with Crippen molar-refractivity contribution in [3.8, 4) is 0 Å². The van der Waals surface area contributed by atoms with Gasteiger partial charge in [0.05, 0.1) is 4.99 Å². The molecule has 0 aliphatic rings. The lowest BCUT2D eigenvalue weighted by molar-refractivity contribution is 0.504. The molecule has 0 unspecified atom stereocenters. The summed E-state index contributed by atoms with van der Waals surface area (Å²) in [6, 6.07) is 0. The lowest BCUT2D eigenvalue weighted by Crippen LogP contribution is -2.41. The quantitative estimate of drug-likeness (QED) is 0.589. The summed E-state index contributed by atoms with van der Waals surface area (Å²) < 4.78 is 0. The van der Waals surface area contributed by atoms with Gasteiger partial charge in [-0.05, 0) is 20.8 Å². The van der Waals surface area contributed by atoms with Crippen LogP contribution in [0.2, 0.25) is 0 Å². The molecule has 0 heterocycles. The number of nitrogens with one attached hydrogen (secondary N) is 1. The van der Waals surface area contributed by atoms with E-state index in [1.54, 1.807) is 0 Å². The van der Waals surface area contributed by atoms with Crippen LogP contribution in [0.4, 0.5) is 0 Å². The summed E-state index contributed by atoms with van der Waals surface area (Å²) in [5, 5.41) is 3.25. The normalized spacial score (nSPS) is 11.8. The first kappa shape index (κ1) is 9.89. The summed E-state index contributed by atoms with van der Waals surface area (Å²) in [5.41, 5.74) is 0.112. The van der Waals surface area contributed by atoms with Gasteiger partial charge < -0.3 is 5.32 Å². The van der Waals surface area contributed by atoms with Crippen molar-refractivity contribution >= 4 is 17.2 Å². The fraction of sp³-hybridized carbons (Fsp3) is 0.875. The Balaban J connectivity index is 3.81. The zero-order valence-corrected chi connectivity index (χ0v) is 8.30. The average molecular weight is 159 g/mol. The van der Waals surface area contributed by atoms with Crippen molar-refractivity contribution in [2.75, 3.05) is 0 Å². The van der Waals surface area contributed by atoms with Gasteiger partial charge in [0.25, 0.3) is 0 Å². The number of rotatable bonds is 1. The Kier molecular flexibility index (Phi) is 3.29. The molecule has 10 heavy (non-hydrogen) atoms.